The van der Waals surface area contributed by atoms with Gasteiger partial charge >= 0.3 is 0 Å². The molecule has 1 aliphatic rings. The molecule has 2 amide bonds. The smallest absolute Gasteiger partial charge is 0.225 e. The molecule has 0 bridgehead atoms. The molecule has 6 nitrogen and oxygen atoms in total. The summed E-state index contributed by atoms with van der Waals surface area (Å²) >= 11 is 5.94. The van der Waals surface area contributed by atoms with E-state index >= 15 is 0 Å². The van der Waals surface area contributed by atoms with Crippen LogP contribution in [0.15, 0.2) is 36.5 Å². The van der Waals surface area contributed by atoms with E-state index in [4.69, 9.17) is 11.6 Å². The fraction of sp³-hybridized carbons (Fsp3) is 0.389. The molecule has 0 saturated carbocycles. The van der Waals surface area contributed by atoms with E-state index < -0.39 is 0 Å². The Morgan fingerprint density at radius 1 is 1.40 bits per heavy atom. The Hall–Kier alpha value is -2.34. The van der Waals surface area contributed by atoms with Crippen LogP contribution in [0.1, 0.15) is 30.8 Å². The summed E-state index contributed by atoms with van der Waals surface area (Å²) in [6.07, 6.45) is 1.79. The Bertz CT molecular complexity index is 775. The van der Waals surface area contributed by atoms with Gasteiger partial charge in [-0.15, -0.1) is 0 Å². The summed E-state index contributed by atoms with van der Waals surface area (Å²) in [5.41, 5.74) is 1.07. The lowest BCUT2D eigenvalue weighted by Crippen LogP contribution is -2.34. The summed E-state index contributed by atoms with van der Waals surface area (Å²) in [6.45, 7) is 2.71. The molecule has 132 valence electrons. The summed E-state index contributed by atoms with van der Waals surface area (Å²) in [4.78, 5) is 30.7. The van der Waals surface area contributed by atoms with Crippen LogP contribution in [0.5, 0.6) is 0 Å². The quantitative estimate of drug-likeness (QED) is 0.889. The number of hydrogen-bond donors (Lipinski definition) is 1. The van der Waals surface area contributed by atoms with Gasteiger partial charge in [0.05, 0.1) is 24.7 Å². The van der Waals surface area contributed by atoms with E-state index in [2.05, 4.69) is 10.3 Å². The molecule has 2 unspecified atom stereocenters. The van der Waals surface area contributed by atoms with Gasteiger partial charge in [-0.2, -0.15) is 0 Å². The van der Waals surface area contributed by atoms with E-state index in [1.807, 2.05) is 37.3 Å². The Labute approximate surface area is 151 Å². The number of carbonyl (C=O) groups excluding carboxylic acids is 2. The summed E-state index contributed by atoms with van der Waals surface area (Å²) in [6, 6.07) is 9.80. The minimum Gasteiger partial charge on any atom is -0.349 e. The van der Waals surface area contributed by atoms with Crippen LogP contribution in [-0.4, -0.2) is 32.8 Å². The second kappa shape index (κ2) is 7.27. The first-order valence-electron chi connectivity index (χ1n) is 8.25. The maximum atomic E-state index is 12.4. The van der Waals surface area contributed by atoms with E-state index in [-0.39, 0.29) is 30.2 Å². The zero-order chi connectivity index (χ0) is 18.0. The van der Waals surface area contributed by atoms with Crippen molar-refractivity contribution in [3.8, 4) is 0 Å². The topological polar surface area (TPSA) is 67.2 Å². The van der Waals surface area contributed by atoms with Crippen LogP contribution >= 0.6 is 11.6 Å². The minimum atomic E-state index is -0.339. The molecule has 1 saturated heterocycles. The number of likely N-dealkylation sites (tertiary alicyclic amines) is 1. The fourth-order valence-corrected chi connectivity index (χ4v) is 3.24. The van der Waals surface area contributed by atoms with Crippen LogP contribution in [-0.2, 0) is 23.2 Å². The number of aromatic nitrogens is 2. The first kappa shape index (κ1) is 17.5. The first-order chi connectivity index (χ1) is 12.0. The third-order valence-electron chi connectivity index (χ3n) is 4.73. The average molecular weight is 361 g/mol. The van der Waals surface area contributed by atoms with Crippen molar-refractivity contribution in [2.75, 3.05) is 6.54 Å². The second-order valence-corrected chi connectivity index (χ2v) is 6.70. The molecule has 2 atom stereocenters. The minimum absolute atomic E-state index is 0.0107. The molecule has 2 heterocycles. The molecule has 7 heteroatoms. The highest BCUT2D eigenvalue weighted by Gasteiger charge is 2.36. The van der Waals surface area contributed by atoms with Crippen molar-refractivity contribution in [2.24, 2.45) is 13.0 Å². The molecule has 0 radical (unpaired) electrons. The molecule has 1 aliphatic heterocycles. The van der Waals surface area contributed by atoms with Gasteiger partial charge < -0.3 is 14.8 Å². The normalized spacial score (nSPS) is 18.4. The molecule has 1 aromatic carbocycles. The summed E-state index contributed by atoms with van der Waals surface area (Å²) in [7, 11) is 1.79. The van der Waals surface area contributed by atoms with Gasteiger partial charge in [-0.05, 0) is 12.5 Å². The number of halogens is 1. The van der Waals surface area contributed by atoms with Gasteiger partial charge in [-0.25, -0.2) is 4.98 Å². The Morgan fingerprint density at radius 3 is 2.76 bits per heavy atom. The monoisotopic (exact) mass is 360 g/mol. The van der Waals surface area contributed by atoms with Gasteiger partial charge in [0.15, 0.2) is 0 Å². The standard InChI is InChI=1S/C18H21ClN4O2/c1-12(13-6-4-3-5-7-13)23-11-14(8-17(23)24)18(25)21-10-16-20-9-15(19)22(16)2/h3-7,9,12,14H,8,10-11H2,1-2H3,(H,21,25). The average Bonchev–Trinajstić information content (AvgIpc) is 3.16. The predicted molar refractivity (Wildman–Crippen MR) is 94.7 cm³/mol. The third kappa shape index (κ3) is 3.69. The van der Waals surface area contributed by atoms with Crippen LogP contribution in [0.4, 0.5) is 0 Å². The highest BCUT2D eigenvalue weighted by molar-refractivity contribution is 6.29. The maximum Gasteiger partial charge on any atom is 0.225 e. The van der Waals surface area contributed by atoms with Gasteiger partial charge in [0, 0.05) is 20.0 Å². The lowest BCUT2D eigenvalue weighted by molar-refractivity contribution is -0.130. The van der Waals surface area contributed by atoms with Gasteiger partial charge in [0.25, 0.3) is 0 Å². The predicted octanol–water partition coefficient (Wildman–Crippen LogP) is 2.30. The van der Waals surface area contributed by atoms with Gasteiger partial charge in [-0.3, -0.25) is 9.59 Å². The van der Waals surface area contributed by atoms with E-state index in [9.17, 15) is 9.59 Å². The van der Waals surface area contributed by atoms with Crippen molar-refractivity contribution in [3.63, 3.8) is 0 Å². The van der Waals surface area contributed by atoms with Gasteiger partial charge in [0.1, 0.15) is 11.0 Å². The number of nitrogens with one attached hydrogen (secondary N) is 1. The van der Waals surface area contributed by atoms with Crippen molar-refractivity contribution >= 4 is 23.4 Å². The number of amides is 2. The van der Waals surface area contributed by atoms with Crippen LogP contribution in [0.25, 0.3) is 0 Å². The van der Waals surface area contributed by atoms with Crippen LogP contribution in [0.3, 0.4) is 0 Å². The summed E-state index contributed by atoms with van der Waals surface area (Å²) in [5, 5.41) is 3.37. The molecule has 1 fully saturated rings. The number of benzene rings is 1. The lowest BCUT2D eigenvalue weighted by Gasteiger charge is -2.25. The van der Waals surface area contributed by atoms with Crippen LogP contribution < -0.4 is 5.32 Å². The van der Waals surface area contributed by atoms with E-state index in [0.717, 1.165) is 5.56 Å². The Morgan fingerprint density at radius 2 is 2.12 bits per heavy atom. The molecule has 25 heavy (non-hydrogen) atoms. The largest absolute Gasteiger partial charge is 0.349 e. The van der Waals surface area contributed by atoms with Crippen molar-refractivity contribution in [2.45, 2.75) is 25.9 Å². The van der Waals surface area contributed by atoms with E-state index in [1.165, 1.54) is 0 Å². The zero-order valence-corrected chi connectivity index (χ0v) is 15.0. The van der Waals surface area contributed by atoms with E-state index in [0.29, 0.717) is 24.1 Å². The van der Waals surface area contributed by atoms with Crippen molar-refractivity contribution < 1.29 is 9.59 Å². The zero-order valence-electron chi connectivity index (χ0n) is 14.3. The second-order valence-electron chi connectivity index (χ2n) is 6.31. The molecule has 0 spiro atoms. The summed E-state index contributed by atoms with van der Waals surface area (Å²) in [5.74, 6) is 0.221. The SMILES string of the molecule is CC(c1ccccc1)N1CC(C(=O)NCc2ncc(Cl)n2C)CC1=O. The van der Waals surface area contributed by atoms with Crippen molar-refractivity contribution in [1.82, 2.24) is 19.8 Å². The summed E-state index contributed by atoms with van der Waals surface area (Å²) < 4.78 is 1.71. The molecule has 1 N–H and O–H groups in total. The van der Waals surface area contributed by atoms with Crippen molar-refractivity contribution in [1.29, 1.82) is 0 Å². The highest BCUT2D eigenvalue weighted by atomic mass is 35.5. The molecular formula is C18H21ClN4O2. The van der Waals surface area contributed by atoms with Gasteiger partial charge in [0.2, 0.25) is 11.8 Å². The first-order valence-corrected chi connectivity index (χ1v) is 8.63. The highest BCUT2D eigenvalue weighted by Crippen LogP contribution is 2.28. The maximum absolute atomic E-state index is 12.4. The van der Waals surface area contributed by atoms with Gasteiger partial charge in [-0.1, -0.05) is 41.9 Å². The molecular weight excluding hydrogens is 340 g/mol. The molecule has 3 rings (SSSR count). The van der Waals surface area contributed by atoms with Crippen LogP contribution in [0, 0.1) is 5.92 Å². The van der Waals surface area contributed by atoms with E-state index in [1.54, 1.807) is 22.7 Å². The Balaban J connectivity index is 1.60. The Kier molecular flexibility index (Phi) is 5.08. The lowest BCUT2D eigenvalue weighted by atomic mass is 10.1. The fourth-order valence-electron chi connectivity index (χ4n) is 3.09. The number of carbonyl (C=O) groups is 2. The van der Waals surface area contributed by atoms with Crippen LogP contribution in [0.2, 0.25) is 5.15 Å². The molecule has 1 aromatic heterocycles. The molecule has 2 aromatic rings. The number of rotatable bonds is 5. The third-order valence-corrected chi connectivity index (χ3v) is 5.08. The molecule has 0 aliphatic carbocycles. The number of nitrogens with zero attached hydrogens (tertiary/aromatic N) is 3. The number of hydrogen-bond acceptors (Lipinski definition) is 3. The van der Waals surface area contributed by atoms with Crippen molar-refractivity contribution in [3.05, 3.63) is 53.1 Å². The number of imidazole rings is 1.